The molecular weight excluding hydrogens is 292 g/mol. The maximum Gasteiger partial charge on any atom is 0.256 e. The van der Waals surface area contributed by atoms with Gasteiger partial charge in [0, 0.05) is 46.4 Å². The predicted molar refractivity (Wildman–Crippen MR) is 88.1 cm³/mol. The van der Waals surface area contributed by atoms with E-state index in [1.54, 1.807) is 7.11 Å². The van der Waals surface area contributed by atoms with Crippen LogP contribution >= 0.6 is 0 Å². The van der Waals surface area contributed by atoms with E-state index in [1.807, 2.05) is 35.2 Å². The van der Waals surface area contributed by atoms with Crippen molar-refractivity contribution in [1.29, 1.82) is 0 Å². The second kappa shape index (κ2) is 7.90. The van der Waals surface area contributed by atoms with Gasteiger partial charge in [0.05, 0.1) is 6.61 Å². The minimum absolute atomic E-state index is 0.0718. The first kappa shape index (κ1) is 16.4. The van der Waals surface area contributed by atoms with Crippen LogP contribution in [0.25, 0.3) is 0 Å². The molecule has 0 radical (unpaired) electrons. The highest BCUT2D eigenvalue weighted by Crippen LogP contribution is 2.21. The molecule has 2 aliphatic rings. The number of methoxy groups -OCH3 is 1. The quantitative estimate of drug-likeness (QED) is 0.826. The lowest BCUT2D eigenvalue weighted by atomic mass is 10.1. The monoisotopic (exact) mass is 318 g/mol. The summed E-state index contributed by atoms with van der Waals surface area (Å²) >= 11 is 0. The fourth-order valence-corrected chi connectivity index (χ4v) is 3.42. The maximum absolute atomic E-state index is 12.7. The highest BCUT2D eigenvalue weighted by molar-refractivity contribution is 5.82. The van der Waals surface area contributed by atoms with Gasteiger partial charge in [0.1, 0.15) is 0 Å². The molecule has 0 aliphatic carbocycles. The summed E-state index contributed by atoms with van der Waals surface area (Å²) in [4.78, 5) is 17.1. The number of hydrogen-bond acceptors (Lipinski definition) is 4. The lowest BCUT2D eigenvalue weighted by Crippen LogP contribution is -2.51. The molecule has 1 aromatic rings. The molecule has 0 N–H and O–H groups in total. The molecule has 2 fully saturated rings. The van der Waals surface area contributed by atoms with E-state index in [1.165, 1.54) is 6.42 Å². The van der Waals surface area contributed by atoms with Gasteiger partial charge >= 0.3 is 0 Å². The van der Waals surface area contributed by atoms with Crippen LogP contribution in [0.5, 0.6) is 0 Å². The summed E-state index contributed by atoms with van der Waals surface area (Å²) in [5.74, 6) is 0.732. The van der Waals surface area contributed by atoms with Crippen LogP contribution in [0.15, 0.2) is 30.3 Å². The third-order valence-electron chi connectivity index (χ3n) is 4.79. The van der Waals surface area contributed by atoms with E-state index in [2.05, 4.69) is 4.90 Å². The molecule has 2 atom stereocenters. The topological polar surface area (TPSA) is 42.0 Å². The normalized spacial score (nSPS) is 23.9. The number of rotatable bonds is 5. The van der Waals surface area contributed by atoms with Gasteiger partial charge in [-0.25, -0.2) is 0 Å². The minimum Gasteiger partial charge on any atom is -0.381 e. The van der Waals surface area contributed by atoms with Gasteiger partial charge in [0.2, 0.25) is 0 Å². The van der Waals surface area contributed by atoms with Gasteiger partial charge in [-0.05, 0) is 17.9 Å². The van der Waals surface area contributed by atoms with Crippen LogP contribution in [0.1, 0.15) is 18.1 Å². The molecule has 2 heterocycles. The van der Waals surface area contributed by atoms with Crippen LogP contribution in [0.2, 0.25) is 0 Å². The Kier molecular flexibility index (Phi) is 5.65. The van der Waals surface area contributed by atoms with Gasteiger partial charge in [-0.15, -0.1) is 0 Å². The van der Waals surface area contributed by atoms with Crippen LogP contribution in [-0.4, -0.2) is 68.8 Å². The Hall–Kier alpha value is -1.43. The van der Waals surface area contributed by atoms with Gasteiger partial charge in [-0.1, -0.05) is 30.3 Å². The van der Waals surface area contributed by atoms with Crippen LogP contribution in [-0.2, 0) is 14.3 Å². The van der Waals surface area contributed by atoms with Gasteiger partial charge in [-0.2, -0.15) is 0 Å². The fraction of sp³-hybridized carbons (Fsp3) is 0.611. The Bertz CT molecular complexity index is 494. The lowest BCUT2D eigenvalue weighted by molar-refractivity contribution is -0.144. The van der Waals surface area contributed by atoms with Crippen molar-refractivity contribution in [3.63, 3.8) is 0 Å². The van der Waals surface area contributed by atoms with Crippen LogP contribution < -0.4 is 0 Å². The van der Waals surface area contributed by atoms with Crippen molar-refractivity contribution >= 4 is 5.91 Å². The Morgan fingerprint density at radius 2 is 2.00 bits per heavy atom. The Morgan fingerprint density at radius 1 is 1.26 bits per heavy atom. The Labute approximate surface area is 138 Å². The van der Waals surface area contributed by atoms with E-state index in [9.17, 15) is 4.79 Å². The van der Waals surface area contributed by atoms with Gasteiger partial charge in [0.25, 0.3) is 5.91 Å². The minimum atomic E-state index is -0.494. The first-order valence-corrected chi connectivity index (χ1v) is 8.44. The van der Waals surface area contributed by atoms with Crippen molar-refractivity contribution in [2.45, 2.75) is 12.5 Å². The number of hydrogen-bond donors (Lipinski definition) is 0. The summed E-state index contributed by atoms with van der Waals surface area (Å²) in [7, 11) is 1.60. The van der Waals surface area contributed by atoms with Crippen molar-refractivity contribution < 1.29 is 14.3 Å². The number of ether oxygens (including phenoxy) is 2. The van der Waals surface area contributed by atoms with Crippen molar-refractivity contribution in [3.8, 4) is 0 Å². The summed E-state index contributed by atoms with van der Waals surface area (Å²) in [6, 6.07) is 9.73. The molecule has 23 heavy (non-hydrogen) atoms. The molecule has 3 rings (SSSR count). The summed E-state index contributed by atoms with van der Waals surface area (Å²) in [6.07, 6.45) is 0.671. The summed E-state index contributed by atoms with van der Waals surface area (Å²) in [5.41, 5.74) is 0.922. The molecule has 0 unspecified atom stereocenters. The standard InChI is InChI=1S/C18H26N2O3/c1-22-17(16-5-3-2-4-6-16)18(21)20-10-8-19(9-11-20)13-15-7-12-23-14-15/h2-6,15,17H,7-14H2,1H3/t15-,17-/m1/s1. The van der Waals surface area contributed by atoms with Crippen molar-refractivity contribution in [2.24, 2.45) is 5.92 Å². The van der Waals surface area contributed by atoms with Gasteiger partial charge in [0.15, 0.2) is 6.10 Å². The zero-order valence-electron chi connectivity index (χ0n) is 13.8. The average Bonchev–Trinajstić information content (AvgIpc) is 3.10. The summed E-state index contributed by atoms with van der Waals surface area (Å²) in [6.45, 7) is 6.31. The SMILES string of the molecule is CO[C@@H](C(=O)N1CCN(C[C@H]2CCOC2)CC1)c1ccccc1. The Balaban J connectivity index is 1.52. The molecule has 5 heteroatoms. The third-order valence-corrected chi connectivity index (χ3v) is 4.79. The second-order valence-corrected chi connectivity index (χ2v) is 6.38. The molecule has 0 aromatic heterocycles. The average molecular weight is 318 g/mol. The van der Waals surface area contributed by atoms with E-state index in [4.69, 9.17) is 9.47 Å². The van der Waals surface area contributed by atoms with E-state index < -0.39 is 6.10 Å². The molecule has 126 valence electrons. The zero-order valence-corrected chi connectivity index (χ0v) is 13.8. The van der Waals surface area contributed by atoms with Crippen LogP contribution in [0.4, 0.5) is 0 Å². The van der Waals surface area contributed by atoms with Gasteiger partial charge in [-0.3, -0.25) is 9.69 Å². The lowest BCUT2D eigenvalue weighted by Gasteiger charge is -2.37. The molecular formula is C18H26N2O3. The van der Waals surface area contributed by atoms with Crippen LogP contribution in [0, 0.1) is 5.92 Å². The van der Waals surface area contributed by atoms with E-state index >= 15 is 0 Å². The third kappa shape index (κ3) is 4.10. The maximum atomic E-state index is 12.7. The molecule has 0 spiro atoms. The smallest absolute Gasteiger partial charge is 0.256 e. The number of amides is 1. The van der Waals surface area contributed by atoms with Crippen LogP contribution in [0.3, 0.4) is 0 Å². The highest BCUT2D eigenvalue weighted by atomic mass is 16.5. The molecule has 5 nitrogen and oxygen atoms in total. The first-order valence-electron chi connectivity index (χ1n) is 8.44. The second-order valence-electron chi connectivity index (χ2n) is 6.38. The summed E-state index contributed by atoms with van der Waals surface area (Å²) < 4.78 is 10.9. The molecule has 0 bridgehead atoms. The van der Waals surface area contributed by atoms with Crippen molar-refractivity contribution in [2.75, 3.05) is 53.0 Å². The first-order chi connectivity index (χ1) is 11.3. The van der Waals surface area contributed by atoms with Gasteiger partial charge < -0.3 is 14.4 Å². The fourth-order valence-electron chi connectivity index (χ4n) is 3.42. The number of benzene rings is 1. The largest absolute Gasteiger partial charge is 0.381 e. The van der Waals surface area contributed by atoms with E-state index in [0.29, 0.717) is 5.92 Å². The number of nitrogens with zero attached hydrogens (tertiary/aromatic N) is 2. The Morgan fingerprint density at radius 3 is 2.61 bits per heavy atom. The number of carbonyl (C=O) groups is 1. The summed E-state index contributed by atoms with van der Waals surface area (Å²) in [5, 5.41) is 0. The van der Waals surface area contributed by atoms with Crippen molar-refractivity contribution in [3.05, 3.63) is 35.9 Å². The van der Waals surface area contributed by atoms with Crippen molar-refractivity contribution in [1.82, 2.24) is 9.80 Å². The molecule has 1 aromatic carbocycles. The number of carbonyl (C=O) groups excluding carboxylic acids is 1. The predicted octanol–water partition coefficient (Wildman–Crippen LogP) is 1.55. The molecule has 2 aliphatic heterocycles. The molecule has 1 amide bonds. The number of piperazine rings is 1. The highest BCUT2D eigenvalue weighted by Gasteiger charge is 2.29. The molecule has 0 saturated carbocycles. The van der Waals surface area contributed by atoms with E-state index in [-0.39, 0.29) is 5.91 Å². The molecule has 2 saturated heterocycles. The zero-order chi connectivity index (χ0) is 16.1. The van der Waals surface area contributed by atoms with E-state index in [0.717, 1.165) is 51.5 Å².